The van der Waals surface area contributed by atoms with Gasteiger partial charge < -0.3 is 5.32 Å². The number of nitrogens with one attached hydrogen (secondary N) is 1. The normalized spacial score (nSPS) is 22.1. The minimum atomic E-state index is -0.767. The highest BCUT2D eigenvalue weighted by Crippen LogP contribution is 2.46. The summed E-state index contributed by atoms with van der Waals surface area (Å²) in [5, 5.41) is 2.64. The number of rotatable bonds is 0. The van der Waals surface area contributed by atoms with Gasteiger partial charge in [-0.1, -0.05) is 23.4 Å². The number of halogens is 3. The van der Waals surface area contributed by atoms with Gasteiger partial charge in [0.15, 0.2) is 5.78 Å². The molecule has 0 bridgehead atoms. The maximum absolute atomic E-state index is 13.2. The number of carbonyl (C=O) groups excluding carboxylic acids is 1. The van der Waals surface area contributed by atoms with E-state index in [2.05, 4.69) is 5.32 Å². The van der Waals surface area contributed by atoms with Gasteiger partial charge in [0.05, 0.1) is 16.4 Å². The molecule has 1 heterocycles. The highest BCUT2D eigenvalue weighted by atomic mass is 35.5. The zero-order chi connectivity index (χ0) is 12.9. The third-order valence-corrected chi connectivity index (χ3v) is 4.74. The van der Waals surface area contributed by atoms with E-state index in [9.17, 15) is 9.18 Å². The van der Waals surface area contributed by atoms with Gasteiger partial charge in [-0.2, -0.15) is 0 Å². The molecule has 0 radical (unpaired) electrons. The molecule has 2 nitrogen and oxygen atoms in total. The zero-order valence-electron chi connectivity index (χ0n) is 8.84. The van der Waals surface area contributed by atoms with E-state index in [0.29, 0.717) is 20.5 Å². The lowest BCUT2D eigenvalue weighted by atomic mass is 10.1. The Labute approximate surface area is 117 Å². The van der Waals surface area contributed by atoms with Crippen molar-refractivity contribution in [1.29, 1.82) is 0 Å². The number of hydrogen-bond donors (Lipinski definition) is 1. The molecule has 1 aromatic rings. The average Bonchev–Trinajstić information content (AvgIpc) is 2.34. The molecule has 1 aromatic carbocycles. The van der Waals surface area contributed by atoms with Crippen LogP contribution in [0.4, 0.5) is 10.1 Å². The molecule has 6 heteroatoms. The van der Waals surface area contributed by atoms with Gasteiger partial charge in [0.25, 0.3) is 0 Å². The monoisotopic (exact) mass is 301 g/mol. The molecule has 1 aliphatic carbocycles. The Bertz CT molecular complexity index is 627. The van der Waals surface area contributed by atoms with Crippen LogP contribution in [0.5, 0.6) is 0 Å². The summed E-state index contributed by atoms with van der Waals surface area (Å²) >= 11 is 13.3. The molecule has 3 rings (SSSR count). The number of hydrogen-bond acceptors (Lipinski definition) is 3. The number of ketones is 1. The molecule has 0 aromatic heterocycles. The highest BCUT2D eigenvalue weighted by Gasteiger charge is 2.32. The fourth-order valence-corrected chi connectivity index (χ4v) is 3.54. The van der Waals surface area contributed by atoms with Crippen molar-refractivity contribution in [3.63, 3.8) is 0 Å². The van der Waals surface area contributed by atoms with Crippen LogP contribution in [0.25, 0.3) is 0 Å². The Hall–Kier alpha value is -0.970. The summed E-state index contributed by atoms with van der Waals surface area (Å²) in [7, 11) is 0. The molecule has 18 heavy (non-hydrogen) atoms. The molecule has 1 aliphatic heterocycles. The van der Waals surface area contributed by atoms with Crippen LogP contribution in [0.15, 0.2) is 44.8 Å². The Morgan fingerprint density at radius 3 is 2.94 bits per heavy atom. The molecule has 0 amide bonds. The summed E-state index contributed by atoms with van der Waals surface area (Å²) in [6.45, 7) is 0. The van der Waals surface area contributed by atoms with Gasteiger partial charge in [-0.15, -0.1) is 11.6 Å². The van der Waals surface area contributed by atoms with Crippen LogP contribution in [0, 0.1) is 5.82 Å². The molecule has 1 atom stereocenters. The van der Waals surface area contributed by atoms with Gasteiger partial charge in [0, 0.05) is 15.9 Å². The van der Waals surface area contributed by atoms with E-state index in [-0.39, 0.29) is 11.6 Å². The number of alkyl halides is 1. The summed E-state index contributed by atoms with van der Waals surface area (Å²) in [4.78, 5) is 12.9. The second-order valence-corrected chi connectivity index (χ2v) is 5.79. The molecule has 0 spiro atoms. The topological polar surface area (TPSA) is 29.1 Å². The first-order chi connectivity index (χ1) is 8.56. The fourth-order valence-electron chi connectivity index (χ4n) is 1.80. The van der Waals surface area contributed by atoms with E-state index in [1.165, 1.54) is 30.0 Å². The smallest absolute Gasteiger partial charge is 0.180 e. The summed E-state index contributed by atoms with van der Waals surface area (Å²) in [5.74, 6) is -0.587. The molecule has 92 valence electrons. The van der Waals surface area contributed by atoms with E-state index in [1.54, 1.807) is 6.07 Å². The summed E-state index contributed by atoms with van der Waals surface area (Å²) in [5.41, 5.74) is 1.38. The number of anilines is 1. The third-order valence-electron chi connectivity index (χ3n) is 2.66. The van der Waals surface area contributed by atoms with Gasteiger partial charge in [-0.3, -0.25) is 4.79 Å². The van der Waals surface area contributed by atoms with Gasteiger partial charge in [0.1, 0.15) is 11.2 Å². The predicted octanol–water partition coefficient (Wildman–Crippen LogP) is 3.87. The lowest BCUT2D eigenvalue weighted by Gasteiger charge is -2.28. The largest absolute Gasteiger partial charge is 0.353 e. The number of allylic oxidation sites excluding steroid dienone is 3. The van der Waals surface area contributed by atoms with E-state index in [4.69, 9.17) is 23.2 Å². The van der Waals surface area contributed by atoms with Crippen LogP contribution < -0.4 is 5.32 Å². The molecule has 0 saturated carbocycles. The minimum Gasteiger partial charge on any atom is -0.353 e. The second kappa shape index (κ2) is 4.30. The zero-order valence-corrected chi connectivity index (χ0v) is 11.2. The van der Waals surface area contributed by atoms with Crippen LogP contribution in [0.3, 0.4) is 0 Å². The Morgan fingerprint density at radius 2 is 2.17 bits per heavy atom. The Morgan fingerprint density at radius 1 is 1.39 bits per heavy atom. The average molecular weight is 302 g/mol. The molecule has 1 N–H and O–H groups in total. The molecule has 0 fully saturated rings. The van der Waals surface area contributed by atoms with E-state index >= 15 is 0 Å². The van der Waals surface area contributed by atoms with Crippen LogP contribution in [-0.2, 0) is 4.79 Å². The van der Waals surface area contributed by atoms with Crippen molar-refractivity contribution in [3.8, 4) is 0 Å². The van der Waals surface area contributed by atoms with Crippen molar-refractivity contribution in [3.05, 3.63) is 45.7 Å². The van der Waals surface area contributed by atoms with Gasteiger partial charge in [-0.05, 0) is 18.2 Å². The fraction of sp³-hybridized carbons (Fsp3) is 0.0833. The van der Waals surface area contributed by atoms with E-state index in [0.717, 1.165) is 5.69 Å². The van der Waals surface area contributed by atoms with Crippen molar-refractivity contribution in [2.75, 3.05) is 5.32 Å². The molecule has 2 aliphatic rings. The molecular formula is C12H6Cl2FNOS. The van der Waals surface area contributed by atoms with Crippen LogP contribution in [0.2, 0.25) is 0 Å². The lowest BCUT2D eigenvalue weighted by molar-refractivity contribution is -0.113. The van der Waals surface area contributed by atoms with Crippen LogP contribution >= 0.6 is 35.0 Å². The van der Waals surface area contributed by atoms with Crippen molar-refractivity contribution in [2.45, 2.75) is 10.3 Å². The number of fused-ring (bicyclic) bond motifs is 1. The van der Waals surface area contributed by atoms with Gasteiger partial charge >= 0.3 is 0 Å². The highest BCUT2D eigenvalue weighted by molar-refractivity contribution is 8.03. The SMILES string of the molecule is O=C1C=C(Cl)C2=C(Sc3cc(F)ccc3N2)C1Cl. The molecular weight excluding hydrogens is 296 g/mol. The van der Waals surface area contributed by atoms with Crippen LogP contribution in [0.1, 0.15) is 0 Å². The standard InChI is InChI=1S/C12H6Cl2FNOS/c13-6-4-8(17)10(14)12-11(6)16-7-2-1-5(15)3-9(7)18-12/h1-4,10,16H. The quantitative estimate of drug-likeness (QED) is 0.738. The van der Waals surface area contributed by atoms with Crippen molar-refractivity contribution in [1.82, 2.24) is 0 Å². The first kappa shape index (κ1) is 12.1. The minimum absolute atomic E-state index is 0.255. The predicted molar refractivity (Wildman–Crippen MR) is 71.5 cm³/mol. The number of thioether (sulfide) groups is 1. The third kappa shape index (κ3) is 1.85. The first-order valence-corrected chi connectivity index (χ1v) is 6.73. The van der Waals surface area contributed by atoms with Crippen molar-refractivity contribution < 1.29 is 9.18 Å². The van der Waals surface area contributed by atoms with Crippen molar-refractivity contribution in [2.24, 2.45) is 0 Å². The Balaban J connectivity index is 2.09. The second-order valence-electron chi connectivity index (χ2n) is 3.86. The number of benzene rings is 1. The maximum Gasteiger partial charge on any atom is 0.180 e. The van der Waals surface area contributed by atoms with Gasteiger partial charge in [0.2, 0.25) is 0 Å². The maximum atomic E-state index is 13.2. The first-order valence-electron chi connectivity index (χ1n) is 5.10. The van der Waals surface area contributed by atoms with E-state index < -0.39 is 5.38 Å². The van der Waals surface area contributed by atoms with Gasteiger partial charge in [-0.25, -0.2) is 4.39 Å². The lowest BCUT2D eigenvalue weighted by Crippen LogP contribution is -2.24. The van der Waals surface area contributed by atoms with Crippen LogP contribution in [-0.4, -0.2) is 11.2 Å². The summed E-state index contributed by atoms with van der Waals surface area (Å²) < 4.78 is 13.2. The van der Waals surface area contributed by atoms with E-state index in [1.807, 2.05) is 0 Å². The Kier molecular flexibility index (Phi) is 2.88. The molecule has 1 unspecified atom stereocenters. The molecule has 0 saturated heterocycles. The van der Waals surface area contributed by atoms with Crippen molar-refractivity contribution >= 4 is 46.4 Å². The summed E-state index contributed by atoms with van der Waals surface area (Å²) in [6, 6.07) is 4.39. The number of carbonyl (C=O) groups is 1. The summed E-state index contributed by atoms with van der Waals surface area (Å²) in [6.07, 6.45) is 1.31.